The van der Waals surface area contributed by atoms with Crippen LogP contribution in [-0.4, -0.2) is 17.6 Å². The van der Waals surface area contributed by atoms with E-state index >= 15 is 0 Å². The zero-order valence-corrected chi connectivity index (χ0v) is 11.5. The summed E-state index contributed by atoms with van der Waals surface area (Å²) in [7, 11) is 0. The highest BCUT2D eigenvalue weighted by atomic mass is 35.5. The van der Waals surface area contributed by atoms with Crippen molar-refractivity contribution >= 4 is 17.5 Å². The van der Waals surface area contributed by atoms with Gasteiger partial charge in [-0.3, -0.25) is 4.79 Å². The summed E-state index contributed by atoms with van der Waals surface area (Å²) in [5.41, 5.74) is 0.187. The second-order valence-corrected chi connectivity index (χ2v) is 4.72. The molecular formula is C14H12ClFN2O3. The molecule has 110 valence electrons. The Labute approximate surface area is 125 Å². The molecule has 2 aromatic rings. The molecule has 1 heterocycles. The summed E-state index contributed by atoms with van der Waals surface area (Å²) in [6.07, 6.45) is 0.0874. The molecule has 1 unspecified atom stereocenters. The first-order valence-electron chi connectivity index (χ1n) is 6.08. The number of benzene rings is 1. The van der Waals surface area contributed by atoms with Crippen LogP contribution in [0.2, 0.25) is 5.02 Å². The number of aromatic nitrogens is 1. The van der Waals surface area contributed by atoms with Crippen molar-refractivity contribution in [1.82, 2.24) is 5.32 Å². The molecule has 0 saturated carbocycles. The number of aliphatic hydroxyl groups is 1. The standard InChI is InChI=1S/C14H12ClFN2O3/c15-10-5-4-9(7-11(10)16)13(19)8-17-14(20)12-3-1-2-6-18(12)21/h1-7,13,19H,8H2,(H,17,20). The number of aliphatic hydroxyl groups excluding tert-OH is 1. The highest BCUT2D eigenvalue weighted by Crippen LogP contribution is 2.19. The van der Waals surface area contributed by atoms with Crippen molar-refractivity contribution in [2.24, 2.45) is 0 Å². The van der Waals surface area contributed by atoms with Crippen molar-refractivity contribution in [2.75, 3.05) is 6.54 Å². The summed E-state index contributed by atoms with van der Waals surface area (Å²) >= 11 is 5.55. The molecule has 1 aromatic carbocycles. The number of amides is 1. The molecule has 0 aliphatic heterocycles. The smallest absolute Gasteiger partial charge is 0.317 e. The summed E-state index contributed by atoms with van der Waals surface area (Å²) < 4.78 is 13.7. The fraction of sp³-hybridized carbons (Fsp3) is 0.143. The topological polar surface area (TPSA) is 76.3 Å². The highest BCUT2D eigenvalue weighted by Gasteiger charge is 2.17. The number of halogens is 2. The number of hydrogen-bond donors (Lipinski definition) is 2. The van der Waals surface area contributed by atoms with Gasteiger partial charge < -0.3 is 15.6 Å². The first kappa shape index (κ1) is 15.2. The molecule has 0 bridgehead atoms. The zero-order chi connectivity index (χ0) is 15.4. The normalized spacial score (nSPS) is 12.0. The van der Waals surface area contributed by atoms with Crippen LogP contribution in [0.4, 0.5) is 4.39 Å². The lowest BCUT2D eigenvalue weighted by atomic mass is 10.1. The lowest BCUT2D eigenvalue weighted by Crippen LogP contribution is -2.40. The predicted molar refractivity (Wildman–Crippen MR) is 74.1 cm³/mol. The number of carbonyl (C=O) groups excluding carboxylic acids is 1. The molecule has 0 fully saturated rings. The van der Waals surface area contributed by atoms with E-state index in [9.17, 15) is 19.5 Å². The zero-order valence-electron chi connectivity index (χ0n) is 10.8. The van der Waals surface area contributed by atoms with Crippen molar-refractivity contribution in [2.45, 2.75) is 6.10 Å². The van der Waals surface area contributed by atoms with Gasteiger partial charge in [-0.1, -0.05) is 17.7 Å². The number of hydrogen-bond acceptors (Lipinski definition) is 3. The molecule has 21 heavy (non-hydrogen) atoms. The molecule has 2 rings (SSSR count). The molecule has 5 nitrogen and oxygen atoms in total. The second-order valence-electron chi connectivity index (χ2n) is 4.31. The maximum atomic E-state index is 13.3. The van der Waals surface area contributed by atoms with E-state index in [2.05, 4.69) is 5.32 Å². The number of nitrogens with one attached hydrogen (secondary N) is 1. The molecule has 0 radical (unpaired) electrons. The van der Waals surface area contributed by atoms with Gasteiger partial charge in [0, 0.05) is 18.7 Å². The third-order valence-electron chi connectivity index (χ3n) is 2.84. The van der Waals surface area contributed by atoms with Crippen molar-refractivity contribution in [3.63, 3.8) is 0 Å². The Kier molecular flexibility index (Phi) is 4.72. The Balaban J connectivity index is 2.01. The SMILES string of the molecule is O=C(NCC(O)c1ccc(Cl)c(F)c1)c1cccc[n+]1[O-]. The quantitative estimate of drug-likeness (QED) is 0.665. The van der Waals surface area contributed by atoms with Crippen LogP contribution in [0.3, 0.4) is 0 Å². The van der Waals surface area contributed by atoms with Crippen LogP contribution in [0.5, 0.6) is 0 Å². The Morgan fingerprint density at radius 1 is 1.43 bits per heavy atom. The van der Waals surface area contributed by atoms with E-state index in [0.717, 1.165) is 6.07 Å². The minimum atomic E-state index is -1.11. The Bertz CT molecular complexity index is 666. The van der Waals surface area contributed by atoms with Gasteiger partial charge in [0.15, 0.2) is 6.20 Å². The summed E-state index contributed by atoms with van der Waals surface area (Å²) in [5, 5.41) is 23.6. The lowest BCUT2D eigenvalue weighted by Gasteiger charge is -2.12. The van der Waals surface area contributed by atoms with Crippen molar-refractivity contribution in [3.05, 3.63) is 69.9 Å². The van der Waals surface area contributed by atoms with E-state index in [1.807, 2.05) is 0 Å². The summed E-state index contributed by atoms with van der Waals surface area (Å²) in [6.45, 7) is -0.158. The number of nitrogens with zero attached hydrogens (tertiary/aromatic N) is 1. The molecule has 1 amide bonds. The van der Waals surface area contributed by atoms with E-state index < -0.39 is 17.8 Å². The summed E-state index contributed by atoms with van der Waals surface area (Å²) in [5.74, 6) is -1.28. The Morgan fingerprint density at radius 3 is 2.86 bits per heavy atom. The summed E-state index contributed by atoms with van der Waals surface area (Å²) in [6, 6.07) is 8.27. The summed E-state index contributed by atoms with van der Waals surface area (Å²) in [4.78, 5) is 11.8. The van der Waals surface area contributed by atoms with Gasteiger partial charge in [0.25, 0.3) is 5.69 Å². The second kappa shape index (κ2) is 6.51. The van der Waals surface area contributed by atoms with Crippen LogP contribution in [0, 0.1) is 11.0 Å². The molecule has 7 heteroatoms. The van der Waals surface area contributed by atoms with Gasteiger partial charge >= 0.3 is 5.91 Å². The highest BCUT2D eigenvalue weighted by molar-refractivity contribution is 6.30. The van der Waals surface area contributed by atoms with E-state index in [4.69, 9.17) is 11.6 Å². The van der Waals surface area contributed by atoms with Crippen molar-refractivity contribution in [3.8, 4) is 0 Å². The minimum absolute atomic E-state index is 0.0494. The molecule has 1 aromatic heterocycles. The molecule has 0 spiro atoms. The Morgan fingerprint density at radius 2 is 2.19 bits per heavy atom. The van der Waals surface area contributed by atoms with Crippen LogP contribution < -0.4 is 10.0 Å². The van der Waals surface area contributed by atoms with E-state index in [-0.39, 0.29) is 22.8 Å². The molecular weight excluding hydrogens is 299 g/mol. The molecule has 0 saturated heterocycles. The number of rotatable bonds is 4. The number of pyridine rings is 1. The van der Waals surface area contributed by atoms with Gasteiger partial charge in [-0.2, -0.15) is 4.73 Å². The fourth-order valence-corrected chi connectivity index (χ4v) is 1.84. The monoisotopic (exact) mass is 310 g/mol. The lowest BCUT2D eigenvalue weighted by molar-refractivity contribution is -0.607. The Hall–Kier alpha value is -2.18. The fourth-order valence-electron chi connectivity index (χ4n) is 1.72. The first-order valence-corrected chi connectivity index (χ1v) is 6.46. The van der Waals surface area contributed by atoms with Crippen LogP contribution in [0.15, 0.2) is 42.6 Å². The van der Waals surface area contributed by atoms with Gasteiger partial charge in [-0.05, 0) is 23.8 Å². The van der Waals surface area contributed by atoms with Gasteiger partial charge in [0.2, 0.25) is 0 Å². The van der Waals surface area contributed by atoms with Crippen molar-refractivity contribution < 1.29 is 19.0 Å². The van der Waals surface area contributed by atoms with Gasteiger partial charge in [-0.15, -0.1) is 0 Å². The molecule has 2 N–H and O–H groups in total. The third kappa shape index (κ3) is 3.68. The maximum Gasteiger partial charge on any atom is 0.317 e. The van der Waals surface area contributed by atoms with E-state index in [0.29, 0.717) is 4.73 Å². The third-order valence-corrected chi connectivity index (χ3v) is 3.15. The van der Waals surface area contributed by atoms with Crippen LogP contribution in [-0.2, 0) is 0 Å². The van der Waals surface area contributed by atoms with Gasteiger partial charge in [0.1, 0.15) is 5.82 Å². The van der Waals surface area contributed by atoms with Crippen LogP contribution in [0.25, 0.3) is 0 Å². The van der Waals surface area contributed by atoms with E-state index in [1.54, 1.807) is 6.07 Å². The average molecular weight is 311 g/mol. The van der Waals surface area contributed by atoms with Gasteiger partial charge in [-0.25, -0.2) is 4.39 Å². The predicted octanol–water partition coefficient (Wildman–Crippen LogP) is 1.58. The molecule has 0 aliphatic rings. The minimum Gasteiger partial charge on any atom is -0.618 e. The molecule has 1 atom stereocenters. The molecule has 0 aliphatic carbocycles. The largest absolute Gasteiger partial charge is 0.618 e. The van der Waals surface area contributed by atoms with E-state index in [1.165, 1.54) is 30.5 Å². The average Bonchev–Trinajstić information content (AvgIpc) is 2.47. The van der Waals surface area contributed by atoms with Crippen LogP contribution in [0.1, 0.15) is 22.2 Å². The maximum absolute atomic E-state index is 13.3. The first-order chi connectivity index (χ1) is 9.99. The van der Waals surface area contributed by atoms with Gasteiger partial charge in [0.05, 0.1) is 11.1 Å². The van der Waals surface area contributed by atoms with Crippen molar-refractivity contribution in [1.29, 1.82) is 0 Å². The number of carbonyl (C=O) groups is 1. The van der Waals surface area contributed by atoms with Crippen LogP contribution >= 0.6 is 11.6 Å².